The zero-order chi connectivity index (χ0) is 24.3. The zero-order valence-corrected chi connectivity index (χ0v) is 22.2. The molecule has 0 aliphatic heterocycles. The molecule has 0 heterocycles. The number of rotatable bonds is 11. The Morgan fingerprint density at radius 3 is 2.50 bits per heavy atom. The molecule has 0 aliphatic carbocycles. The Morgan fingerprint density at radius 1 is 0.971 bits per heavy atom. The average molecular weight is 590 g/mol. The lowest BCUT2D eigenvalue weighted by molar-refractivity contribution is 0.0954. The van der Waals surface area contributed by atoms with Gasteiger partial charge in [-0.05, 0) is 65.2 Å². The third-order valence-electron chi connectivity index (χ3n) is 4.60. The Bertz CT molecular complexity index is 1140. The van der Waals surface area contributed by atoms with E-state index in [-0.39, 0.29) is 5.91 Å². The van der Waals surface area contributed by atoms with Gasteiger partial charge in [0.2, 0.25) is 0 Å². The summed E-state index contributed by atoms with van der Waals surface area (Å²) in [7, 11) is 0. The van der Waals surface area contributed by atoms with E-state index in [1.54, 1.807) is 24.4 Å². The quantitative estimate of drug-likeness (QED) is 0.199. The fraction of sp³-hybridized carbons (Fsp3) is 0.231. The summed E-state index contributed by atoms with van der Waals surface area (Å²) in [5.41, 5.74) is 4.74. The smallest absolute Gasteiger partial charge is 0.271 e. The molecule has 0 aliphatic rings. The minimum atomic E-state index is -0.361. The number of ether oxygens (including phenoxy) is 3. The second kappa shape index (κ2) is 13.2. The van der Waals surface area contributed by atoms with Crippen molar-refractivity contribution in [1.82, 2.24) is 5.43 Å². The van der Waals surface area contributed by atoms with Gasteiger partial charge in [-0.15, -0.1) is 0 Å². The summed E-state index contributed by atoms with van der Waals surface area (Å²) < 4.78 is 19.0. The van der Waals surface area contributed by atoms with Crippen molar-refractivity contribution in [3.63, 3.8) is 0 Å². The number of hydrazone groups is 1. The number of carbonyl (C=O) groups is 1. The number of carbonyl (C=O) groups excluding carboxylic acids is 1. The van der Waals surface area contributed by atoms with Gasteiger partial charge in [0, 0.05) is 15.6 Å². The van der Waals surface area contributed by atoms with Gasteiger partial charge in [-0.3, -0.25) is 4.79 Å². The molecule has 0 unspecified atom stereocenters. The maximum Gasteiger partial charge on any atom is 0.271 e. The van der Waals surface area contributed by atoms with Crippen molar-refractivity contribution in [2.24, 2.45) is 5.10 Å². The highest BCUT2D eigenvalue weighted by Gasteiger charge is 2.13. The number of hydrogen-bond donors (Lipinski definition) is 1. The minimum absolute atomic E-state index is 0.361. The fourth-order valence-corrected chi connectivity index (χ4v) is 4.40. The summed E-state index contributed by atoms with van der Waals surface area (Å²) in [6, 6.07) is 18.7. The van der Waals surface area contributed by atoms with E-state index in [1.165, 1.54) is 0 Å². The number of halogens is 2. The van der Waals surface area contributed by atoms with Crippen LogP contribution < -0.4 is 19.6 Å². The van der Waals surface area contributed by atoms with Crippen LogP contribution in [0.25, 0.3) is 0 Å². The van der Waals surface area contributed by atoms with Crippen LogP contribution in [-0.2, 0) is 6.61 Å². The second-order valence-electron chi connectivity index (χ2n) is 7.22. The second-order valence-corrected chi connectivity index (χ2v) is 8.99. The maximum absolute atomic E-state index is 12.7. The zero-order valence-electron chi connectivity index (χ0n) is 19.0. The lowest BCUT2D eigenvalue weighted by atomic mass is 10.2. The number of benzene rings is 3. The highest BCUT2D eigenvalue weighted by Crippen LogP contribution is 2.33. The molecule has 6 nitrogen and oxygen atoms in total. The molecule has 0 radical (unpaired) electrons. The van der Waals surface area contributed by atoms with Crippen LogP contribution in [0.5, 0.6) is 17.2 Å². The summed E-state index contributed by atoms with van der Waals surface area (Å²) in [5.74, 6) is 1.41. The van der Waals surface area contributed by atoms with Gasteiger partial charge in [0.1, 0.15) is 12.4 Å². The van der Waals surface area contributed by atoms with E-state index in [9.17, 15) is 4.79 Å². The third-order valence-corrected chi connectivity index (χ3v) is 5.65. The van der Waals surface area contributed by atoms with Crippen molar-refractivity contribution in [3.05, 3.63) is 86.3 Å². The van der Waals surface area contributed by atoms with E-state index in [2.05, 4.69) is 42.4 Å². The molecule has 0 spiro atoms. The molecule has 0 bridgehead atoms. The summed E-state index contributed by atoms with van der Waals surface area (Å²) in [6.07, 6.45) is 2.43. The molecule has 0 aromatic heterocycles. The van der Waals surface area contributed by atoms with Crippen LogP contribution in [0.3, 0.4) is 0 Å². The average Bonchev–Trinajstić information content (AvgIpc) is 2.83. The molecule has 3 aromatic rings. The van der Waals surface area contributed by atoms with Crippen molar-refractivity contribution < 1.29 is 19.0 Å². The Hall–Kier alpha value is -2.84. The van der Waals surface area contributed by atoms with Gasteiger partial charge < -0.3 is 14.2 Å². The maximum atomic E-state index is 12.7. The van der Waals surface area contributed by atoms with Gasteiger partial charge in [-0.2, -0.15) is 5.10 Å². The van der Waals surface area contributed by atoms with Gasteiger partial charge in [0.25, 0.3) is 5.91 Å². The Balaban J connectivity index is 1.73. The SMILES string of the molecule is CCCOc1ccc(C(=O)N/N=C/c2cc(Br)cc(Br)c2OCc2ccccc2)cc1OCC. The van der Waals surface area contributed by atoms with E-state index in [0.717, 1.165) is 20.9 Å². The van der Waals surface area contributed by atoms with E-state index in [4.69, 9.17) is 14.2 Å². The Kier molecular flexibility index (Phi) is 9.97. The summed E-state index contributed by atoms with van der Waals surface area (Å²) in [4.78, 5) is 12.7. The molecule has 3 rings (SSSR count). The van der Waals surface area contributed by atoms with Gasteiger partial charge >= 0.3 is 0 Å². The van der Waals surface area contributed by atoms with E-state index < -0.39 is 0 Å². The summed E-state index contributed by atoms with van der Waals surface area (Å²) in [6.45, 7) is 5.36. The van der Waals surface area contributed by atoms with Crippen molar-refractivity contribution in [2.75, 3.05) is 13.2 Å². The highest BCUT2D eigenvalue weighted by atomic mass is 79.9. The highest BCUT2D eigenvalue weighted by molar-refractivity contribution is 9.11. The molecular formula is C26H26Br2N2O4. The molecule has 34 heavy (non-hydrogen) atoms. The number of nitrogens with zero attached hydrogens (tertiary/aromatic N) is 1. The standard InChI is InChI=1S/C26H26Br2N2O4/c1-3-12-33-23-11-10-19(14-24(23)32-4-2)26(31)30-29-16-20-13-21(27)15-22(28)25(20)34-17-18-8-6-5-7-9-18/h5-11,13-16H,3-4,12,17H2,1-2H3,(H,30,31)/b29-16+. The first kappa shape index (κ1) is 25.8. The molecule has 1 N–H and O–H groups in total. The van der Waals surface area contributed by atoms with Gasteiger partial charge in [-0.25, -0.2) is 5.43 Å². The molecule has 178 valence electrons. The van der Waals surface area contributed by atoms with Crippen molar-refractivity contribution in [2.45, 2.75) is 26.9 Å². The van der Waals surface area contributed by atoms with E-state index in [1.807, 2.05) is 56.3 Å². The lowest BCUT2D eigenvalue weighted by Gasteiger charge is -2.13. The molecule has 3 aromatic carbocycles. The molecule has 0 atom stereocenters. The lowest BCUT2D eigenvalue weighted by Crippen LogP contribution is -2.18. The van der Waals surface area contributed by atoms with Crippen LogP contribution in [0.4, 0.5) is 0 Å². The topological polar surface area (TPSA) is 69.2 Å². The molecule has 8 heteroatoms. The van der Waals surface area contributed by atoms with Crippen molar-refractivity contribution in [3.8, 4) is 17.2 Å². The third kappa shape index (κ3) is 7.33. The Morgan fingerprint density at radius 2 is 1.76 bits per heavy atom. The number of nitrogens with one attached hydrogen (secondary N) is 1. The normalized spacial score (nSPS) is 10.8. The molecule has 1 amide bonds. The van der Waals surface area contributed by atoms with Gasteiger partial charge in [0.15, 0.2) is 11.5 Å². The number of amides is 1. The van der Waals surface area contributed by atoms with Gasteiger partial charge in [-0.1, -0.05) is 53.2 Å². The van der Waals surface area contributed by atoms with Crippen molar-refractivity contribution in [1.29, 1.82) is 0 Å². The van der Waals surface area contributed by atoms with E-state index >= 15 is 0 Å². The molecule has 0 saturated carbocycles. The van der Waals surface area contributed by atoms with Crippen molar-refractivity contribution >= 4 is 44.0 Å². The van der Waals surface area contributed by atoms with Crippen LogP contribution in [0.2, 0.25) is 0 Å². The first-order valence-corrected chi connectivity index (χ1v) is 12.5. The Labute approximate surface area is 216 Å². The summed E-state index contributed by atoms with van der Waals surface area (Å²) >= 11 is 7.03. The first-order chi connectivity index (χ1) is 16.5. The van der Waals surface area contributed by atoms with Crippen LogP contribution in [-0.4, -0.2) is 25.3 Å². The van der Waals surface area contributed by atoms with Crippen LogP contribution in [0.15, 0.2) is 74.7 Å². The molecular weight excluding hydrogens is 564 g/mol. The predicted octanol–water partition coefficient (Wildman–Crippen LogP) is 6.74. The predicted molar refractivity (Wildman–Crippen MR) is 141 cm³/mol. The minimum Gasteiger partial charge on any atom is -0.490 e. The fourth-order valence-electron chi connectivity index (χ4n) is 3.03. The largest absolute Gasteiger partial charge is 0.490 e. The summed E-state index contributed by atoms with van der Waals surface area (Å²) in [5, 5.41) is 4.15. The van der Waals surface area contributed by atoms with Crippen LogP contribution in [0.1, 0.15) is 41.8 Å². The van der Waals surface area contributed by atoms with E-state index in [0.29, 0.717) is 48.2 Å². The van der Waals surface area contributed by atoms with Gasteiger partial charge in [0.05, 0.1) is 23.9 Å². The molecule has 0 fully saturated rings. The molecule has 0 saturated heterocycles. The van der Waals surface area contributed by atoms with Crippen LogP contribution in [0, 0.1) is 0 Å². The first-order valence-electron chi connectivity index (χ1n) is 10.9. The number of hydrogen-bond acceptors (Lipinski definition) is 5. The van der Waals surface area contributed by atoms with Crippen LogP contribution >= 0.6 is 31.9 Å². The monoisotopic (exact) mass is 588 g/mol.